The normalized spacial score (nSPS) is 12.7. The molecule has 1 unspecified atom stereocenters. The summed E-state index contributed by atoms with van der Waals surface area (Å²) in [5.41, 5.74) is 8.26. The summed E-state index contributed by atoms with van der Waals surface area (Å²) in [6.07, 6.45) is 4.46. The highest BCUT2D eigenvalue weighted by Crippen LogP contribution is 2.27. The summed E-state index contributed by atoms with van der Waals surface area (Å²) in [6, 6.07) is 6.62. The van der Waals surface area contributed by atoms with Gasteiger partial charge in [-0.25, -0.2) is 0 Å². The minimum Gasteiger partial charge on any atom is -0.454 e. The number of ether oxygens (including phenoxy) is 1. The summed E-state index contributed by atoms with van der Waals surface area (Å²) in [5, 5.41) is 4.29. The summed E-state index contributed by atoms with van der Waals surface area (Å²) < 4.78 is 7.84. The van der Waals surface area contributed by atoms with Gasteiger partial charge >= 0.3 is 0 Å². The molecular formula is C16H23N3O. The molecule has 0 saturated heterocycles. The van der Waals surface area contributed by atoms with Crippen molar-refractivity contribution in [2.24, 2.45) is 5.73 Å². The zero-order valence-corrected chi connectivity index (χ0v) is 12.6. The van der Waals surface area contributed by atoms with Crippen molar-refractivity contribution in [2.75, 3.05) is 0 Å². The van der Waals surface area contributed by atoms with Crippen molar-refractivity contribution in [2.45, 2.75) is 46.2 Å². The standard InChI is InChI=1S/C16H23N3O/c1-11(2)19-10-15(9-18-19)20-16-6-5-12(3)7-14(16)8-13(4)17/h5-7,9-11,13H,8,17H2,1-4H3. The number of nitrogens with zero attached hydrogens (tertiary/aromatic N) is 2. The average Bonchev–Trinajstić information content (AvgIpc) is 2.80. The van der Waals surface area contributed by atoms with Crippen LogP contribution in [0.4, 0.5) is 0 Å². The maximum Gasteiger partial charge on any atom is 0.165 e. The van der Waals surface area contributed by atoms with Crippen molar-refractivity contribution in [3.05, 3.63) is 41.7 Å². The van der Waals surface area contributed by atoms with E-state index in [2.05, 4.69) is 31.9 Å². The maximum atomic E-state index is 5.96. The van der Waals surface area contributed by atoms with Crippen LogP contribution in [-0.2, 0) is 6.42 Å². The molecule has 2 N–H and O–H groups in total. The van der Waals surface area contributed by atoms with Gasteiger partial charge in [-0.3, -0.25) is 4.68 Å². The minimum absolute atomic E-state index is 0.109. The van der Waals surface area contributed by atoms with Gasteiger partial charge in [0.2, 0.25) is 0 Å². The first kappa shape index (κ1) is 14.6. The zero-order valence-electron chi connectivity index (χ0n) is 12.6. The molecule has 2 aromatic rings. The Labute approximate surface area is 120 Å². The van der Waals surface area contributed by atoms with Crippen LogP contribution in [-0.4, -0.2) is 15.8 Å². The fourth-order valence-corrected chi connectivity index (χ4v) is 2.10. The molecule has 0 aliphatic carbocycles. The molecule has 0 aliphatic rings. The fraction of sp³-hybridized carbons (Fsp3) is 0.438. The van der Waals surface area contributed by atoms with Crippen LogP contribution in [0.1, 0.15) is 37.9 Å². The maximum absolute atomic E-state index is 5.96. The van der Waals surface area contributed by atoms with Crippen LogP contribution in [0.2, 0.25) is 0 Å². The van der Waals surface area contributed by atoms with Crippen molar-refractivity contribution in [3.8, 4) is 11.5 Å². The van der Waals surface area contributed by atoms with E-state index in [1.165, 1.54) is 5.56 Å². The van der Waals surface area contributed by atoms with Gasteiger partial charge in [-0.05, 0) is 45.7 Å². The second-order valence-corrected chi connectivity index (χ2v) is 5.64. The Morgan fingerprint density at radius 1 is 1.30 bits per heavy atom. The molecule has 4 nitrogen and oxygen atoms in total. The van der Waals surface area contributed by atoms with E-state index in [1.807, 2.05) is 29.9 Å². The molecule has 0 spiro atoms. The van der Waals surface area contributed by atoms with E-state index < -0.39 is 0 Å². The molecule has 1 aromatic carbocycles. The molecule has 1 atom stereocenters. The van der Waals surface area contributed by atoms with E-state index >= 15 is 0 Å². The highest BCUT2D eigenvalue weighted by molar-refractivity contribution is 5.40. The van der Waals surface area contributed by atoms with Gasteiger partial charge in [-0.1, -0.05) is 17.7 Å². The fourth-order valence-electron chi connectivity index (χ4n) is 2.10. The van der Waals surface area contributed by atoms with Crippen molar-refractivity contribution in [1.29, 1.82) is 0 Å². The third-order valence-corrected chi connectivity index (χ3v) is 3.09. The Balaban J connectivity index is 2.23. The number of nitrogens with two attached hydrogens (primary N) is 1. The van der Waals surface area contributed by atoms with E-state index in [0.717, 1.165) is 23.5 Å². The quantitative estimate of drug-likeness (QED) is 0.907. The van der Waals surface area contributed by atoms with Gasteiger partial charge < -0.3 is 10.5 Å². The Bertz CT molecular complexity index is 573. The molecule has 20 heavy (non-hydrogen) atoms. The Kier molecular flexibility index (Phi) is 4.45. The van der Waals surface area contributed by atoms with Gasteiger partial charge in [0.25, 0.3) is 0 Å². The number of hydrogen-bond acceptors (Lipinski definition) is 3. The number of aromatic nitrogens is 2. The Morgan fingerprint density at radius 3 is 2.65 bits per heavy atom. The first-order chi connectivity index (χ1) is 9.45. The SMILES string of the molecule is Cc1ccc(Oc2cnn(C(C)C)c2)c(CC(C)N)c1. The summed E-state index contributed by atoms with van der Waals surface area (Å²) in [5.74, 6) is 1.62. The highest BCUT2D eigenvalue weighted by atomic mass is 16.5. The summed E-state index contributed by atoms with van der Waals surface area (Å²) >= 11 is 0. The Morgan fingerprint density at radius 2 is 2.05 bits per heavy atom. The molecule has 0 amide bonds. The number of benzene rings is 1. The minimum atomic E-state index is 0.109. The van der Waals surface area contributed by atoms with Gasteiger partial charge in [0.15, 0.2) is 5.75 Å². The molecule has 4 heteroatoms. The first-order valence-corrected chi connectivity index (χ1v) is 7.03. The van der Waals surface area contributed by atoms with Crippen LogP contribution >= 0.6 is 0 Å². The third kappa shape index (κ3) is 3.61. The van der Waals surface area contributed by atoms with Crippen molar-refractivity contribution in [1.82, 2.24) is 9.78 Å². The van der Waals surface area contributed by atoms with Crippen LogP contribution in [0.5, 0.6) is 11.5 Å². The van der Waals surface area contributed by atoms with Crippen molar-refractivity contribution in [3.63, 3.8) is 0 Å². The third-order valence-electron chi connectivity index (χ3n) is 3.09. The van der Waals surface area contributed by atoms with Crippen LogP contribution in [0.15, 0.2) is 30.6 Å². The van der Waals surface area contributed by atoms with Gasteiger partial charge in [0.05, 0.1) is 12.4 Å². The molecular weight excluding hydrogens is 250 g/mol. The van der Waals surface area contributed by atoms with Crippen molar-refractivity contribution >= 4 is 0 Å². The van der Waals surface area contributed by atoms with Crippen LogP contribution in [0, 0.1) is 6.92 Å². The first-order valence-electron chi connectivity index (χ1n) is 7.03. The lowest BCUT2D eigenvalue weighted by Crippen LogP contribution is -2.18. The van der Waals surface area contributed by atoms with Gasteiger partial charge in [0, 0.05) is 12.1 Å². The van der Waals surface area contributed by atoms with Crippen LogP contribution in [0.3, 0.4) is 0 Å². The average molecular weight is 273 g/mol. The molecule has 108 valence electrons. The molecule has 0 fully saturated rings. The number of hydrogen-bond donors (Lipinski definition) is 1. The summed E-state index contributed by atoms with van der Waals surface area (Å²) in [7, 11) is 0. The molecule has 1 heterocycles. The van der Waals surface area contributed by atoms with E-state index in [1.54, 1.807) is 6.20 Å². The van der Waals surface area contributed by atoms with Crippen molar-refractivity contribution < 1.29 is 4.74 Å². The van der Waals surface area contributed by atoms with Gasteiger partial charge in [-0.15, -0.1) is 0 Å². The van der Waals surface area contributed by atoms with E-state index in [4.69, 9.17) is 10.5 Å². The van der Waals surface area contributed by atoms with E-state index in [0.29, 0.717) is 6.04 Å². The monoisotopic (exact) mass is 273 g/mol. The lowest BCUT2D eigenvalue weighted by molar-refractivity contribution is 0.469. The zero-order chi connectivity index (χ0) is 14.7. The molecule has 0 aliphatic heterocycles. The molecule has 2 rings (SSSR count). The predicted octanol–water partition coefficient (Wildman–Crippen LogP) is 3.45. The van der Waals surface area contributed by atoms with E-state index in [-0.39, 0.29) is 6.04 Å². The highest BCUT2D eigenvalue weighted by Gasteiger charge is 2.09. The second kappa shape index (κ2) is 6.09. The summed E-state index contributed by atoms with van der Waals surface area (Å²) in [6.45, 7) is 8.25. The molecule has 1 aromatic heterocycles. The predicted molar refractivity (Wildman–Crippen MR) is 81.2 cm³/mol. The number of rotatable bonds is 5. The van der Waals surface area contributed by atoms with Crippen LogP contribution in [0.25, 0.3) is 0 Å². The molecule has 0 radical (unpaired) electrons. The van der Waals surface area contributed by atoms with Crippen LogP contribution < -0.4 is 10.5 Å². The van der Waals surface area contributed by atoms with Gasteiger partial charge in [-0.2, -0.15) is 5.10 Å². The Hall–Kier alpha value is -1.81. The smallest absolute Gasteiger partial charge is 0.165 e. The molecule has 0 bridgehead atoms. The topological polar surface area (TPSA) is 53.1 Å². The lowest BCUT2D eigenvalue weighted by atomic mass is 10.0. The lowest BCUT2D eigenvalue weighted by Gasteiger charge is -2.12. The molecule has 0 saturated carbocycles. The summed E-state index contributed by atoms with van der Waals surface area (Å²) in [4.78, 5) is 0. The largest absolute Gasteiger partial charge is 0.454 e. The number of aryl methyl sites for hydroxylation is 1. The second-order valence-electron chi connectivity index (χ2n) is 5.64. The van der Waals surface area contributed by atoms with E-state index in [9.17, 15) is 0 Å². The van der Waals surface area contributed by atoms with Gasteiger partial charge in [0.1, 0.15) is 5.75 Å².